The summed E-state index contributed by atoms with van der Waals surface area (Å²) in [5, 5.41) is 13.7. The van der Waals surface area contributed by atoms with Gasteiger partial charge in [0.05, 0.1) is 12.1 Å². The number of aliphatic hydroxyl groups is 1. The van der Waals surface area contributed by atoms with E-state index in [4.69, 9.17) is 4.52 Å². The molecule has 1 aromatic heterocycles. The summed E-state index contributed by atoms with van der Waals surface area (Å²) in [5.41, 5.74) is 0.917. The minimum Gasteiger partial charge on any atom is -0.392 e. The lowest BCUT2D eigenvalue weighted by Gasteiger charge is -2.23. The van der Waals surface area contributed by atoms with Crippen LogP contribution >= 0.6 is 0 Å². The third kappa shape index (κ3) is 2.77. The Balaban J connectivity index is 2.04. The zero-order chi connectivity index (χ0) is 16.8. The Morgan fingerprint density at radius 3 is 2.52 bits per heavy atom. The average Bonchev–Trinajstić information content (AvgIpc) is 3.03. The van der Waals surface area contributed by atoms with Crippen LogP contribution in [0.2, 0.25) is 0 Å². The van der Waals surface area contributed by atoms with Crippen LogP contribution in [0.3, 0.4) is 0 Å². The van der Waals surface area contributed by atoms with Crippen molar-refractivity contribution in [2.24, 2.45) is 0 Å². The van der Waals surface area contributed by atoms with Crippen molar-refractivity contribution in [3.8, 4) is 0 Å². The Labute approximate surface area is 133 Å². The number of aryl methyl sites for hydroxylation is 2. The van der Waals surface area contributed by atoms with Crippen LogP contribution in [0.25, 0.3) is 0 Å². The molecule has 0 bridgehead atoms. The van der Waals surface area contributed by atoms with Crippen molar-refractivity contribution < 1.29 is 22.4 Å². The Bertz CT molecular complexity index is 797. The molecule has 0 aliphatic carbocycles. The van der Waals surface area contributed by atoms with Crippen molar-refractivity contribution in [2.45, 2.75) is 37.3 Å². The molecule has 0 spiro atoms. The van der Waals surface area contributed by atoms with Crippen LogP contribution in [0, 0.1) is 19.7 Å². The molecule has 23 heavy (non-hydrogen) atoms. The van der Waals surface area contributed by atoms with Gasteiger partial charge in [-0.1, -0.05) is 17.3 Å². The first kappa shape index (κ1) is 16.1. The molecule has 2 atom stereocenters. The van der Waals surface area contributed by atoms with Gasteiger partial charge in [-0.3, -0.25) is 0 Å². The average molecular weight is 340 g/mol. The first-order valence-corrected chi connectivity index (χ1v) is 8.63. The predicted molar refractivity (Wildman–Crippen MR) is 79.6 cm³/mol. The van der Waals surface area contributed by atoms with Gasteiger partial charge in [-0.2, -0.15) is 4.31 Å². The number of β-amino-alcohol motifs (C(OH)–C–C–N with tert-alkyl or cyclic N) is 1. The number of hydrogen-bond acceptors (Lipinski definition) is 5. The highest BCUT2D eigenvalue weighted by Gasteiger charge is 2.42. The first-order valence-electron chi connectivity index (χ1n) is 7.19. The molecule has 0 radical (unpaired) electrons. The molecular weight excluding hydrogens is 323 g/mol. The fourth-order valence-electron chi connectivity index (χ4n) is 3.00. The van der Waals surface area contributed by atoms with E-state index in [-0.39, 0.29) is 29.3 Å². The number of rotatable bonds is 3. The topological polar surface area (TPSA) is 83.6 Å². The minimum atomic E-state index is -3.87. The van der Waals surface area contributed by atoms with Crippen LogP contribution in [-0.2, 0) is 10.0 Å². The molecule has 0 saturated carbocycles. The van der Waals surface area contributed by atoms with E-state index in [0.29, 0.717) is 5.56 Å². The maximum Gasteiger partial charge on any atom is 0.249 e. The lowest BCUT2D eigenvalue weighted by atomic mass is 10.0. The Morgan fingerprint density at radius 1 is 1.30 bits per heavy atom. The van der Waals surface area contributed by atoms with Crippen molar-refractivity contribution in [1.29, 1.82) is 0 Å². The molecule has 0 amide bonds. The summed E-state index contributed by atoms with van der Waals surface area (Å²) < 4.78 is 45.2. The van der Waals surface area contributed by atoms with Crippen LogP contribution in [0.15, 0.2) is 33.7 Å². The van der Waals surface area contributed by atoms with Gasteiger partial charge in [-0.25, -0.2) is 12.8 Å². The molecule has 3 rings (SSSR count). The van der Waals surface area contributed by atoms with Crippen LogP contribution < -0.4 is 0 Å². The second-order valence-corrected chi connectivity index (χ2v) is 7.51. The van der Waals surface area contributed by atoms with E-state index in [1.165, 1.54) is 35.5 Å². The third-order valence-corrected chi connectivity index (χ3v) is 6.14. The lowest BCUT2D eigenvalue weighted by Crippen LogP contribution is -2.32. The number of aromatic nitrogens is 1. The molecular formula is C15H17FN2O4S. The van der Waals surface area contributed by atoms with Crippen LogP contribution in [0.1, 0.15) is 29.5 Å². The van der Waals surface area contributed by atoms with E-state index in [9.17, 15) is 17.9 Å². The summed E-state index contributed by atoms with van der Waals surface area (Å²) in [5.74, 6) is -0.186. The van der Waals surface area contributed by atoms with E-state index < -0.39 is 28.0 Å². The molecule has 1 aromatic carbocycles. The zero-order valence-corrected chi connectivity index (χ0v) is 13.5. The number of nitrogens with zero attached hydrogens (tertiary/aromatic N) is 2. The second kappa shape index (κ2) is 5.70. The molecule has 2 aromatic rings. The van der Waals surface area contributed by atoms with Crippen molar-refractivity contribution in [2.75, 3.05) is 6.54 Å². The molecule has 8 heteroatoms. The first-order chi connectivity index (χ1) is 10.8. The third-order valence-electron chi connectivity index (χ3n) is 4.02. The van der Waals surface area contributed by atoms with Crippen molar-refractivity contribution in [1.82, 2.24) is 9.46 Å². The van der Waals surface area contributed by atoms with Crippen LogP contribution in [0.5, 0.6) is 0 Å². The number of hydrogen-bond donors (Lipinski definition) is 1. The number of aliphatic hydroxyl groups excluding tert-OH is 1. The van der Waals surface area contributed by atoms with E-state index in [1.54, 1.807) is 6.92 Å². The molecule has 1 fully saturated rings. The smallest absolute Gasteiger partial charge is 0.249 e. The summed E-state index contributed by atoms with van der Waals surface area (Å²) in [7, 11) is -3.87. The van der Waals surface area contributed by atoms with Crippen molar-refractivity contribution in [3.05, 3.63) is 47.1 Å². The van der Waals surface area contributed by atoms with Crippen molar-refractivity contribution in [3.63, 3.8) is 0 Å². The van der Waals surface area contributed by atoms with E-state index >= 15 is 0 Å². The lowest BCUT2D eigenvalue weighted by molar-refractivity contribution is 0.188. The SMILES string of the molecule is Cc1noc(C)c1S(=O)(=O)N1C[C@H](O)C[C@H]1c1ccc(F)cc1. The monoisotopic (exact) mass is 340 g/mol. The molecule has 2 heterocycles. The van der Waals surface area contributed by atoms with E-state index in [1.807, 2.05) is 0 Å². The largest absolute Gasteiger partial charge is 0.392 e. The molecule has 1 aliphatic heterocycles. The molecule has 0 unspecified atom stereocenters. The van der Waals surface area contributed by atoms with Gasteiger partial charge in [0.1, 0.15) is 16.4 Å². The van der Waals surface area contributed by atoms with Gasteiger partial charge in [-0.15, -0.1) is 0 Å². The van der Waals surface area contributed by atoms with Gasteiger partial charge in [0.25, 0.3) is 0 Å². The quantitative estimate of drug-likeness (QED) is 0.923. The maximum atomic E-state index is 13.1. The fourth-order valence-corrected chi connectivity index (χ4v) is 4.95. The molecule has 6 nitrogen and oxygen atoms in total. The maximum absolute atomic E-state index is 13.1. The van der Waals surface area contributed by atoms with Gasteiger partial charge in [0.2, 0.25) is 10.0 Å². The Hall–Kier alpha value is -1.77. The summed E-state index contributed by atoms with van der Waals surface area (Å²) in [6, 6.07) is 5.08. The van der Waals surface area contributed by atoms with Gasteiger partial charge >= 0.3 is 0 Å². The molecule has 1 aliphatic rings. The summed E-state index contributed by atoms with van der Waals surface area (Å²) >= 11 is 0. The number of benzene rings is 1. The standard InChI is InChI=1S/C15H17FN2O4S/c1-9-15(10(2)22-17-9)23(20,21)18-8-13(19)7-14(18)11-3-5-12(16)6-4-11/h3-6,13-14,19H,7-8H2,1-2H3/t13-,14+/m1/s1. The van der Waals surface area contributed by atoms with Gasteiger partial charge in [0, 0.05) is 6.54 Å². The predicted octanol–water partition coefficient (Wildman–Crippen LogP) is 1.93. The van der Waals surface area contributed by atoms with Crippen LogP contribution in [-0.4, -0.2) is 35.6 Å². The normalized spacial score (nSPS) is 22.6. The fraction of sp³-hybridized carbons (Fsp3) is 0.400. The molecule has 1 N–H and O–H groups in total. The number of halogens is 1. The summed E-state index contributed by atoms with van der Waals surface area (Å²) in [6.45, 7) is 3.07. The van der Waals surface area contributed by atoms with E-state index in [0.717, 1.165) is 0 Å². The highest BCUT2D eigenvalue weighted by Crippen LogP contribution is 2.38. The Morgan fingerprint density at radius 2 is 1.96 bits per heavy atom. The summed E-state index contributed by atoms with van der Waals surface area (Å²) in [4.78, 5) is 0.0266. The van der Waals surface area contributed by atoms with Gasteiger partial charge < -0.3 is 9.63 Å². The molecule has 124 valence electrons. The number of sulfonamides is 1. The highest BCUT2D eigenvalue weighted by molar-refractivity contribution is 7.89. The zero-order valence-electron chi connectivity index (χ0n) is 12.7. The minimum absolute atomic E-state index is 0.0194. The van der Waals surface area contributed by atoms with E-state index in [2.05, 4.69) is 5.16 Å². The van der Waals surface area contributed by atoms with Crippen LogP contribution in [0.4, 0.5) is 4.39 Å². The highest BCUT2D eigenvalue weighted by atomic mass is 32.2. The van der Waals surface area contributed by atoms with Crippen molar-refractivity contribution >= 4 is 10.0 Å². The van der Waals surface area contributed by atoms with Gasteiger partial charge in [-0.05, 0) is 38.0 Å². The molecule has 1 saturated heterocycles. The second-order valence-electron chi connectivity index (χ2n) is 5.68. The summed E-state index contributed by atoms with van der Waals surface area (Å²) in [6.07, 6.45) is -0.519. The Kier molecular flexibility index (Phi) is 3.99. The van der Waals surface area contributed by atoms with Gasteiger partial charge in [0.15, 0.2) is 5.76 Å².